The van der Waals surface area contributed by atoms with Crippen molar-refractivity contribution >= 4 is 27.4 Å². The van der Waals surface area contributed by atoms with Crippen LogP contribution in [0.4, 0.5) is 16.2 Å². The second-order valence-corrected chi connectivity index (χ2v) is 7.11. The molecular formula is C17H21N3O3S. The quantitative estimate of drug-likeness (QED) is 0.748. The van der Waals surface area contributed by atoms with Gasteiger partial charge in [0.25, 0.3) is 0 Å². The summed E-state index contributed by atoms with van der Waals surface area (Å²) in [6.07, 6.45) is 0.707. The van der Waals surface area contributed by atoms with E-state index < -0.39 is 16.1 Å². The number of anilines is 2. The minimum absolute atomic E-state index is 0.135. The Morgan fingerprint density at radius 1 is 0.958 bits per heavy atom. The molecule has 24 heavy (non-hydrogen) atoms. The van der Waals surface area contributed by atoms with Gasteiger partial charge in [-0.15, -0.1) is 0 Å². The highest BCUT2D eigenvalue weighted by Crippen LogP contribution is 2.15. The number of hydrogen-bond acceptors (Lipinski definition) is 3. The zero-order valence-electron chi connectivity index (χ0n) is 13.6. The summed E-state index contributed by atoms with van der Waals surface area (Å²) in [6.45, 7) is 3.72. The van der Waals surface area contributed by atoms with Gasteiger partial charge in [-0.05, 0) is 49.7 Å². The lowest BCUT2D eigenvalue weighted by molar-refractivity contribution is 0.262. The molecule has 2 aromatic carbocycles. The number of amides is 2. The summed E-state index contributed by atoms with van der Waals surface area (Å²) >= 11 is 0. The molecule has 0 spiro atoms. The van der Waals surface area contributed by atoms with Gasteiger partial charge in [0.15, 0.2) is 0 Å². The Hall–Kier alpha value is -2.38. The minimum Gasteiger partial charge on any atom is -0.308 e. The highest BCUT2D eigenvalue weighted by atomic mass is 32.2. The molecule has 0 aromatic heterocycles. The topological polar surface area (TPSA) is 87.3 Å². The molecular weight excluding hydrogens is 326 g/mol. The molecule has 6 nitrogen and oxygen atoms in total. The van der Waals surface area contributed by atoms with Gasteiger partial charge in [0, 0.05) is 17.4 Å². The van der Waals surface area contributed by atoms with E-state index in [-0.39, 0.29) is 10.9 Å². The van der Waals surface area contributed by atoms with Crippen molar-refractivity contribution in [1.29, 1.82) is 0 Å². The average Bonchev–Trinajstić information content (AvgIpc) is 2.55. The molecule has 0 saturated carbocycles. The van der Waals surface area contributed by atoms with Crippen LogP contribution < -0.4 is 15.4 Å². The number of rotatable bonds is 6. The Bertz CT molecular complexity index is 774. The van der Waals surface area contributed by atoms with Crippen molar-refractivity contribution < 1.29 is 13.2 Å². The number of benzene rings is 2. The molecule has 0 saturated heterocycles. The SMILES string of the molecule is CC[C@H](C)NS(=O)(=O)c1ccc(NC(=O)Nc2ccccc2)cc1. The first-order valence-electron chi connectivity index (χ1n) is 7.66. The molecule has 3 N–H and O–H groups in total. The van der Waals surface area contributed by atoms with E-state index in [1.165, 1.54) is 12.1 Å². The first-order valence-corrected chi connectivity index (χ1v) is 9.14. The molecule has 0 radical (unpaired) electrons. The van der Waals surface area contributed by atoms with Gasteiger partial charge in [0.2, 0.25) is 10.0 Å². The summed E-state index contributed by atoms with van der Waals surface area (Å²) < 4.78 is 26.9. The van der Waals surface area contributed by atoms with Crippen LogP contribution in [0, 0.1) is 0 Å². The summed E-state index contributed by atoms with van der Waals surface area (Å²) in [7, 11) is -3.54. The lowest BCUT2D eigenvalue weighted by Gasteiger charge is -2.12. The first-order chi connectivity index (χ1) is 11.4. The fourth-order valence-corrected chi connectivity index (χ4v) is 3.28. The van der Waals surface area contributed by atoms with Crippen molar-refractivity contribution in [2.75, 3.05) is 10.6 Å². The molecule has 2 amide bonds. The fraction of sp³-hybridized carbons (Fsp3) is 0.235. The van der Waals surface area contributed by atoms with Crippen LogP contribution in [0.25, 0.3) is 0 Å². The summed E-state index contributed by atoms with van der Waals surface area (Å²) in [6, 6.07) is 14.5. The smallest absolute Gasteiger partial charge is 0.308 e. The Labute approximate surface area is 142 Å². The van der Waals surface area contributed by atoms with Crippen molar-refractivity contribution in [3.63, 3.8) is 0 Å². The summed E-state index contributed by atoms with van der Waals surface area (Å²) in [5, 5.41) is 5.34. The zero-order valence-corrected chi connectivity index (χ0v) is 14.4. The molecule has 0 unspecified atom stereocenters. The number of nitrogens with one attached hydrogen (secondary N) is 3. The molecule has 0 aliphatic heterocycles. The van der Waals surface area contributed by atoms with Crippen molar-refractivity contribution in [3.05, 3.63) is 54.6 Å². The van der Waals surface area contributed by atoms with E-state index in [2.05, 4.69) is 15.4 Å². The van der Waals surface area contributed by atoms with Crippen LogP contribution in [0.2, 0.25) is 0 Å². The van der Waals surface area contributed by atoms with E-state index in [4.69, 9.17) is 0 Å². The summed E-state index contributed by atoms with van der Waals surface area (Å²) in [5.41, 5.74) is 1.18. The predicted molar refractivity (Wildman–Crippen MR) is 95.6 cm³/mol. The molecule has 0 aliphatic rings. The van der Waals surface area contributed by atoms with Crippen LogP contribution in [-0.4, -0.2) is 20.5 Å². The van der Waals surface area contributed by atoms with Crippen LogP contribution >= 0.6 is 0 Å². The Morgan fingerprint density at radius 2 is 1.50 bits per heavy atom. The van der Waals surface area contributed by atoms with Gasteiger partial charge in [0.05, 0.1) is 4.90 Å². The molecule has 128 valence electrons. The standard InChI is InChI=1S/C17H21N3O3S/c1-3-13(2)20-24(22,23)16-11-9-15(10-12-16)19-17(21)18-14-7-5-4-6-8-14/h4-13,20H,3H2,1-2H3,(H2,18,19,21)/t13-/m0/s1. The van der Waals surface area contributed by atoms with Crippen LogP contribution in [-0.2, 0) is 10.0 Å². The lowest BCUT2D eigenvalue weighted by atomic mass is 10.3. The van der Waals surface area contributed by atoms with Gasteiger partial charge in [-0.3, -0.25) is 0 Å². The van der Waals surface area contributed by atoms with Gasteiger partial charge in [0.1, 0.15) is 0 Å². The van der Waals surface area contributed by atoms with Gasteiger partial charge in [-0.2, -0.15) is 0 Å². The maximum absolute atomic E-state index is 12.2. The van der Waals surface area contributed by atoms with E-state index in [9.17, 15) is 13.2 Å². The van der Waals surface area contributed by atoms with Crippen LogP contribution in [0.1, 0.15) is 20.3 Å². The normalized spacial score (nSPS) is 12.4. The number of carbonyl (C=O) groups is 1. The molecule has 0 heterocycles. The number of para-hydroxylation sites is 1. The van der Waals surface area contributed by atoms with Crippen LogP contribution in [0.3, 0.4) is 0 Å². The van der Waals surface area contributed by atoms with E-state index in [1.54, 1.807) is 31.2 Å². The van der Waals surface area contributed by atoms with Crippen LogP contribution in [0.5, 0.6) is 0 Å². The Balaban J connectivity index is 2.00. The second-order valence-electron chi connectivity index (χ2n) is 5.40. The third kappa shape index (κ3) is 5.07. The van der Waals surface area contributed by atoms with Gasteiger partial charge < -0.3 is 10.6 Å². The molecule has 2 aromatic rings. The largest absolute Gasteiger partial charge is 0.323 e. The predicted octanol–water partition coefficient (Wildman–Crippen LogP) is 3.41. The maximum Gasteiger partial charge on any atom is 0.323 e. The summed E-state index contributed by atoms with van der Waals surface area (Å²) in [5.74, 6) is 0. The van der Waals surface area contributed by atoms with E-state index in [0.717, 1.165) is 0 Å². The van der Waals surface area contributed by atoms with Crippen molar-refractivity contribution in [3.8, 4) is 0 Å². The van der Waals surface area contributed by atoms with E-state index >= 15 is 0 Å². The molecule has 1 atom stereocenters. The van der Waals surface area contributed by atoms with Crippen LogP contribution in [0.15, 0.2) is 59.5 Å². The van der Waals surface area contributed by atoms with Gasteiger partial charge >= 0.3 is 6.03 Å². The number of carbonyl (C=O) groups excluding carboxylic acids is 1. The fourth-order valence-electron chi connectivity index (χ4n) is 1.95. The highest BCUT2D eigenvalue weighted by molar-refractivity contribution is 7.89. The third-order valence-electron chi connectivity index (χ3n) is 3.42. The molecule has 7 heteroatoms. The summed E-state index contributed by atoms with van der Waals surface area (Å²) in [4.78, 5) is 12.1. The van der Waals surface area contributed by atoms with E-state index in [1.807, 2.05) is 25.1 Å². The number of hydrogen-bond donors (Lipinski definition) is 3. The second kappa shape index (κ2) is 7.94. The first kappa shape index (κ1) is 18.0. The van der Waals surface area contributed by atoms with Crippen molar-refractivity contribution in [1.82, 2.24) is 4.72 Å². The number of urea groups is 1. The van der Waals surface area contributed by atoms with E-state index in [0.29, 0.717) is 17.8 Å². The molecule has 0 bridgehead atoms. The highest BCUT2D eigenvalue weighted by Gasteiger charge is 2.16. The minimum atomic E-state index is -3.54. The molecule has 0 aliphatic carbocycles. The lowest BCUT2D eigenvalue weighted by Crippen LogP contribution is -2.31. The Morgan fingerprint density at radius 3 is 2.04 bits per heavy atom. The van der Waals surface area contributed by atoms with Crippen molar-refractivity contribution in [2.45, 2.75) is 31.2 Å². The van der Waals surface area contributed by atoms with Crippen molar-refractivity contribution in [2.24, 2.45) is 0 Å². The zero-order chi connectivity index (χ0) is 17.6. The Kier molecular flexibility index (Phi) is 5.94. The molecule has 0 fully saturated rings. The number of sulfonamides is 1. The monoisotopic (exact) mass is 347 g/mol. The van der Waals surface area contributed by atoms with Gasteiger partial charge in [-0.25, -0.2) is 17.9 Å². The average molecular weight is 347 g/mol. The third-order valence-corrected chi connectivity index (χ3v) is 5.03. The molecule has 2 rings (SSSR count). The maximum atomic E-state index is 12.2. The van der Waals surface area contributed by atoms with Gasteiger partial charge in [-0.1, -0.05) is 25.1 Å².